The number of aromatic nitrogens is 5. The fourth-order valence-corrected chi connectivity index (χ4v) is 3.22. The summed E-state index contributed by atoms with van der Waals surface area (Å²) in [6, 6.07) is 4.58. The molecule has 4 rings (SSSR count). The van der Waals surface area contributed by atoms with Crippen molar-refractivity contribution < 1.29 is 22.1 Å². The summed E-state index contributed by atoms with van der Waals surface area (Å²) in [6.07, 6.45) is -1.84. The molecule has 3 aromatic rings. The summed E-state index contributed by atoms with van der Waals surface area (Å²) < 4.78 is 60.0. The third-order valence-electron chi connectivity index (χ3n) is 4.56. The Labute approximate surface area is 162 Å². The second kappa shape index (κ2) is 7.13. The summed E-state index contributed by atoms with van der Waals surface area (Å²) in [5, 5.41) is 10.8. The molecular weight excluding hydrogens is 404 g/mol. The number of hydrogen-bond donors (Lipinski definition) is 1. The third-order valence-corrected chi connectivity index (χ3v) is 4.56. The van der Waals surface area contributed by atoms with Gasteiger partial charge in [0.25, 0.3) is 5.89 Å². The molecule has 150 valence electrons. The van der Waals surface area contributed by atoms with Crippen LogP contribution in [-0.4, -0.2) is 25.1 Å². The van der Waals surface area contributed by atoms with Gasteiger partial charge in [-0.05, 0) is 31.0 Å². The lowest BCUT2D eigenvalue weighted by Crippen LogP contribution is -2.34. The first-order valence-electron chi connectivity index (χ1n) is 8.20. The molecule has 1 aliphatic carbocycles. The molecule has 0 unspecified atom stereocenters. The van der Waals surface area contributed by atoms with Crippen molar-refractivity contribution >= 4 is 12.4 Å². The van der Waals surface area contributed by atoms with E-state index in [9.17, 15) is 17.6 Å². The molecule has 0 aliphatic heterocycles. The Balaban J connectivity index is 0.00000225. The van der Waals surface area contributed by atoms with Crippen LogP contribution in [0.2, 0.25) is 0 Å². The monoisotopic (exact) mass is 418 g/mol. The number of hydrogen-bond acceptors (Lipinski definition) is 6. The van der Waals surface area contributed by atoms with E-state index in [2.05, 4.69) is 20.5 Å². The Hall–Kier alpha value is -2.53. The number of rotatable bonds is 3. The molecule has 1 aromatic carbocycles. The van der Waals surface area contributed by atoms with Crippen LogP contribution in [-0.2, 0) is 11.7 Å². The maximum Gasteiger partial charge on any atom is 0.435 e. The SMILES string of the molecule is Cl.NC1(c2noc(-c3nnn(-c4cccc(F)c4)c3C(F)(F)F)n2)CCCC1. The maximum atomic E-state index is 13.7. The van der Waals surface area contributed by atoms with Crippen LogP contribution in [0.4, 0.5) is 17.6 Å². The number of halogens is 5. The van der Waals surface area contributed by atoms with Gasteiger partial charge in [-0.15, -0.1) is 17.5 Å². The summed E-state index contributed by atoms with van der Waals surface area (Å²) in [5.74, 6) is -0.996. The molecule has 2 aromatic heterocycles. The zero-order valence-corrected chi connectivity index (χ0v) is 15.1. The highest BCUT2D eigenvalue weighted by Gasteiger charge is 2.43. The molecule has 0 bridgehead atoms. The molecular formula is C16H15ClF4N6O. The van der Waals surface area contributed by atoms with Crippen LogP contribution in [0.5, 0.6) is 0 Å². The van der Waals surface area contributed by atoms with Gasteiger partial charge in [0.1, 0.15) is 5.82 Å². The highest BCUT2D eigenvalue weighted by atomic mass is 35.5. The van der Waals surface area contributed by atoms with Gasteiger partial charge in [0.05, 0.1) is 11.2 Å². The van der Waals surface area contributed by atoms with Gasteiger partial charge in [-0.3, -0.25) is 0 Å². The Morgan fingerprint density at radius 1 is 1.18 bits per heavy atom. The van der Waals surface area contributed by atoms with Crippen molar-refractivity contribution in [3.8, 4) is 17.3 Å². The highest BCUT2D eigenvalue weighted by molar-refractivity contribution is 5.85. The summed E-state index contributed by atoms with van der Waals surface area (Å²) in [7, 11) is 0. The molecule has 12 heteroatoms. The number of nitrogens with zero attached hydrogens (tertiary/aromatic N) is 5. The Morgan fingerprint density at radius 3 is 2.54 bits per heavy atom. The average molecular weight is 419 g/mol. The normalized spacial score (nSPS) is 16.2. The van der Waals surface area contributed by atoms with Crippen LogP contribution in [0, 0.1) is 5.82 Å². The molecule has 28 heavy (non-hydrogen) atoms. The van der Waals surface area contributed by atoms with Gasteiger partial charge >= 0.3 is 6.18 Å². The van der Waals surface area contributed by atoms with E-state index in [-0.39, 0.29) is 23.9 Å². The van der Waals surface area contributed by atoms with Crippen molar-refractivity contribution in [3.05, 3.63) is 41.6 Å². The highest BCUT2D eigenvalue weighted by Crippen LogP contribution is 2.39. The topological polar surface area (TPSA) is 95.6 Å². The van der Waals surface area contributed by atoms with E-state index in [0.717, 1.165) is 25.0 Å². The predicted octanol–water partition coefficient (Wildman–Crippen LogP) is 3.63. The minimum Gasteiger partial charge on any atom is -0.332 e. The van der Waals surface area contributed by atoms with Crippen molar-refractivity contribution in [2.45, 2.75) is 37.4 Å². The molecule has 0 amide bonds. The van der Waals surface area contributed by atoms with Gasteiger partial charge in [0.2, 0.25) is 0 Å². The lowest BCUT2D eigenvalue weighted by molar-refractivity contribution is -0.142. The Bertz CT molecular complexity index is 980. The fraction of sp³-hybridized carbons (Fsp3) is 0.375. The lowest BCUT2D eigenvalue weighted by Gasteiger charge is -2.17. The van der Waals surface area contributed by atoms with Gasteiger partial charge in [0, 0.05) is 0 Å². The first-order valence-corrected chi connectivity index (χ1v) is 8.20. The minimum atomic E-state index is -4.84. The quantitative estimate of drug-likeness (QED) is 0.652. The molecule has 0 saturated heterocycles. The van der Waals surface area contributed by atoms with Gasteiger partial charge in [-0.2, -0.15) is 18.2 Å². The van der Waals surface area contributed by atoms with Crippen molar-refractivity contribution in [2.75, 3.05) is 0 Å². The smallest absolute Gasteiger partial charge is 0.332 e. The standard InChI is InChI=1S/C16H14F4N6O.ClH/c17-9-4-3-5-10(8-9)26-12(16(18,19)20)11(23-25-26)13-22-14(24-27-13)15(21)6-1-2-7-15;/h3-5,8H,1-2,6-7,21H2;1H. The van der Waals surface area contributed by atoms with E-state index in [4.69, 9.17) is 10.3 Å². The fourth-order valence-electron chi connectivity index (χ4n) is 3.22. The zero-order valence-electron chi connectivity index (χ0n) is 14.3. The largest absolute Gasteiger partial charge is 0.435 e. The summed E-state index contributed by atoms with van der Waals surface area (Å²) in [5.41, 5.74) is 3.40. The number of alkyl halides is 3. The average Bonchev–Trinajstić information content (AvgIpc) is 3.33. The van der Waals surface area contributed by atoms with Crippen molar-refractivity contribution in [1.29, 1.82) is 0 Å². The summed E-state index contributed by atoms with van der Waals surface area (Å²) >= 11 is 0. The summed E-state index contributed by atoms with van der Waals surface area (Å²) in [4.78, 5) is 4.04. The molecule has 1 fully saturated rings. The summed E-state index contributed by atoms with van der Waals surface area (Å²) in [6.45, 7) is 0. The van der Waals surface area contributed by atoms with Gasteiger partial charge in [0.15, 0.2) is 17.2 Å². The number of nitrogens with two attached hydrogens (primary N) is 1. The van der Waals surface area contributed by atoms with Gasteiger partial charge < -0.3 is 10.3 Å². The van der Waals surface area contributed by atoms with Crippen LogP contribution < -0.4 is 5.73 Å². The Morgan fingerprint density at radius 2 is 1.89 bits per heavy atom. The van der Waals surface area contributed by atoms with Crippen molar-refractivity contribution in [2.24, 2.45) is 5.73 Å². The Kier molecular flexibility index (Phi) is 5.15. The van der Waals surface area contributed by atoms with E-state index < -0.39 is 34.8 Å². The maximum absolute atomic E-state index is 13.7. The first kappa shape index (κ1) is 20.2. The van der Waals surface area contributed by atoms with Crippen LogP contribution in [0.15, 0.2) is 28.8 Å². The second-order valence-electron chi connectivity index (χ2n) is 6.46. The van der Waals surface area contributed by atoms with Gasteiger partial charge in [-0.1, -0.05) is 29.3 Å². The van der Waals surface area contributed by atoms with Gasteiger partial charge in [-0.25, -0.2) is 9.07 Å². The van der Waals surface area contributed by atoms with Crippen LogP contribution in [0.25, 0.3) is 17.3 Å². The number of benzene rings is 1. The van der Waals surface area contributed by atoms with Crippen LogP contribution >= 0.6 is 12.4 Å². The van der Waals surface area contributed by atoms with E-state index in [1.165, 1.54) is 12.1 Å². The van der Waals surface area contributed by atoms with E-state index in [0.29, 0.717) is 17.5 Å². The molecule has 7 nitrogen and oxygen atoms in total. The second-order valence-corrected chi connectivity index (χ2v) is 6.46. The molecule has 1 aliphatic rings. The third kappa shape index (κ3) is 3.47. The lowest BCUT2D eigenvalue weighted by atomic mass is 9.99. The molecule has 0 radical (unpaired) electrons. The first-order chi connectivity index (χ1) is 12.8. The van der Waals surface area contributed by atoms with Crippen LogP contribution in [0.1, 0.15) is 37.2 Å². The zero-order chi connectivity index (χ0) is 19.2. The molecule has 2 N–H and O–H groups in total. The van der Waals surface area contributed by atoms with Crippen molar-refractivity contribution in [1.82, 2.24) is 25.1 Å². The van der Waals surface area contributed by atoms with E-state index in [1.54, 1.807) is 0 Å². The van der Waals surface area contributed by atoms with Crippen molar-refractivity contribution in [3.63, 3.8) is 0 Å². The molecule has 1 saturated carbocycles. The van der Waals surface area contributed by atoms with E-state index in [1.807, 2.05) is 0 Å². The predicted molar refractivity (Wildman–Crippen MR) is 91.2 cm³/mol. The molecule has 0 atom stereocenters. The minimum absolute atomic E-state index is 0. The van der Waals surface area contributed by atoms with E-state index >= 15 is 0 Å². The van der Waals surface area contributed by atoms with Crippen LogP contribution in [0.3, 0.4) is 0 Å². The molecule has 2 heterocycles. The molecule has 0 spiro atoms.